The Morgan fingerprint density at radius 2 is 1.96 bits per heavy atom. The molecule has 0 bridgehead atoms. The van der Waals surface area contributed by atoms with Gasteiger partial charge in [-0.2, -0.15) is 0 Å². The van der Waals surface area contributed by atoms with E-state index in [9.17, 15) is 4.79 Å². The Morgan fingerprint density at radius 3 is 2.62 bits per heavy atom. The highest BCUT2D eigenvalue weighted by molar-refractivity contribution is 7.10. The van der Waals surface area contributed by atoms with Crippen molar-refractivity contribution in [1.29, 1.82) is 0 Å². The molecule has 2 aliphatic rings. The van der Waals surface area contributed by atoms with Gasteiger partial charge in [-0.3, -0.25) is 9.79 Å². The summed E-state index contributed by atoms with van der Waals surface area (Å²) in [7, 11) is 0. The average Bonchev–Trinajstić information content (AvgIpc) is 3.37. The summed E-state index contributed by atoms with van der Waals surface area (Å²) in [6.07, 6.45) is 8.50. The highest BCUT2D eigenvalue weighted by Crippen LogP contribution is 2.41. The lowest BCUT2D eigenvalue weighted by Crippen LogP contribution is -2.43. The van der Waals surface area contributed by atoms with Gasteiger partial charge in [-0.25, -0.2) is 0 Å². The summed E-state index contributed by atoms with van der Waals surface area (Å²) in [5.74, 6) is 1.33. The molecule has 1 amide bonds. The van der Waals surface area contributed by atoms with Crippen molar-refractivity contribution in [3.63, 3.8) is 0 Å². The Hall–Kier alpha value is -1.56. The molecule has 0 radical (unpaired) electrons. The van der Waals surface area contributed by atoms with Crippen LogP contribution >= 0.6 is 11.3 Å². The SMILES string of the molecule is CCNC(=NCC1(c2cccs2)CCCCC1)NCCNC(=O)C1CC1. The number of carbonyl (C=O) groups is 1. The minimum atomic E-state index is 0.201. The molecular formula is C20H32N4OS. The number of thiophene rings is 1. The Morgan fingerprint density at radius 1 is 1.19 bits per heavy atom. The first-order valence-corrected chi connectivity index (χ1v) is 11.0. The van der Waals surface area contributed by atoms with Crippen molar-refractivity contribution in [2.24, 2.45) is 10.9 Å². The molecule has 0 atom stereocenters. The number of guanidine groups is 1. The number of carbonyl (C=O) groups excluding carboxylic acids is 1. The van der Waals surface area contributed by atoms with E-state index in [1.807, 2.05) is 11.3 Å². The first kappa shape index (κ1) is 19.2. The van der Waals surface area contributed by atoms with Gasteiger partial charge < -0.3 is 16.0 Å². The molecule has 6 heteroatoms. The zero-order valence-corrected chi connectivity index (χ0v) is 16.7. The summed E-state index contributed by atoms with van der Waals surface area (Å²) in [6, 6.07) is 4.44. The molecule has 2 fully saturated rings. The van der Waals surface area contributed by atoms with Crippen molar-refractivity contribution in [1.82, 2.24) is 16.0 Å². The van der Waals surface area contributed by atoms with Crippen molar-refractivity contribution >= 4 is 23.2 Å². The van der Waals surface area contributed by atoms with Gasteiger partial charge in [-0.1, -0.05) is 25.3 Å². The zero-order valence-electron chi connectivity index (χ0n) is 15.9. The standard InChI is InChI=1S/C20H32N4OS/c1-2-21-19(23-13-12-22-18(25)16-8-9-16)24-15-20(10-4-3-5-11-20)17-7-6-14-26-17/h6-7,14,16H,2-5,8-13,15H2,1H3,(H,22,25)(H2,21,23,24). The summed E-state index contributed by atoms with van der Waals surface area (Å²) in [5.41, 5.74) is 0.203. The Labute approximate surface area is 161 Å². The predicted octanol–water partition coefficient (Wildman–Crippen LogP) is 3.03. The van der Waals surface area contributed by atoms with Crippen LogP contribution in [0.15, 0.2) is 22.5 Å². The molecule has 2 saturated carbocycles. The molecule has 1 aromatic rings. The summed E-state index contributed by atoms with van der Waals surface area (Å²) in [6.45, 7) is 5.11. The fourth-order valence-electron chi connectivity index (χ4n) is 3.72. The van der Waals surface area contributed by atoms with Gasteiger partial charge >= 0.3 is 0 Å². The average molecular weight is 377 g/mol. The Kier molecular flexibility index (Phi) is 6.94. The molecule has 144 valence electrons. The summed E-state index contributed by atoms with van der Waals surface area (Å²) >= 11 is 1.87. The van der Waals surface area contributed by atoms with Crippen LogP contribution in [0.4, 0.5) is 0 Å². The molecule has 0 aromatic carbocycles. The van der Waals surface area contributed by atoms with Crippen LogP contribution < -0.4 is 16.0 Å². The summed E-state index contributed by atoms with van der Waals surface area (Å²) in [5, 5.41) is 11.9. The van der Waals surface area contributed by atoms with Crippen LogP contribution in [-0.4, -0.2) is 38.0 Å². The molecule has 0 unspecified atom stereocenters. The van der Waals surface area contributed by atoms with E-state index in [1.165, 1.54) is 37.0 Å². The van der Waals surface area contributed by atoms with E-state index in [-0.39, 0.29) is 17.2 Å². The van der Waals surface area contributed by atoms with E-state index in [0.717, 1.165) is 31.9 Å². The number of nitrogens with zero attached hydrogens (tertiary/aromatic N) is 1. The first-order chi connectivity index (χ1) is 12.7. The third-order valence-electron chi connectivity index (χ3n) is 5.40. The molecule has 1 heterocycles. The lowest BCUT2D eigenvalue weighted by molar-refractivity contribution is -0.122. The molecular weight excluding hydrogens is 344 g/mol. The predicted molar refractivity (Wildman–Crippen MR) is 109 cm³/mol. The van der Waals surface area contributed by atoms with Crippen molar-refractivity contribution in [2.75, 3.05) is 26.2 Å². The second-order valence-electron chi connectivity index (χ2n) is 7.51. The minimum Gasteiger partial charge on any atom is -0.357 e. The maximum absolute atomic E-state index is 11.7. The third kappa shape index (κ3) is 5.22. The highest BCUT2D eigenvalue weighted by atomic mass is 32.1. The molecule has 2 aliphatic carbocycles. The maximum atomic E-state index is 11.7. The Balaban J connectivity index is 1.55. The van der Waals surface area contributed by atoms with E-state index >= 15 is 0 Å². The Bertz CT molecular complexity index is 589. The molecule has 3 rings (SSSR count). The van der Waals surface area contributed by atoms with Gasteiger partial charge in [-0.15, -0.1) is 11.3 Å². The minimum absolute atomic E-state index is 0.201. The second kappa shape index (κ2) is 9.40. The topological polar surface area (TPSA) is 65.5 Å². The van der Waals surface area contributed by atoms with E-state index in [1.54, 1.807) is 0 Å². The van der Waals surface area contributed by atoms with Gasteiger partial charge in [0.15, 0.2) is 5.96 Å². The van der Waals surface area contributed by atoms with Gasteiger partial charge in [0.05, 0.1) is 6.54 Å². The van der Waals surface area contributed by atoms with Gasteiger partial charge in [-0.05, 0) is 44.1 Å². The molecule has 0 saturated heterocycles. The maximum Gasteiger partial charge on any atom is 0.223 e. The van der Waals surface area contributed by atoms with Crippen molar-refractivity contribution < 1.29 is 4.79 Å². The van der Waals surface area contributed by atoms with E-state index in [2.05, 4.69) is 40.4 Å². The van der Waals surface area contributed by atoms with Gasteiger partial charge in [0, 0.05) is 35.8 Å². The molecule has 1 aromatic heterocycles. The monoisotopic (exact) mass is 376 g/mol. The van der Waals surface area contributed by atoms with Crippen LogP contribution in [-0.2, 0) is 10.2 Å². The molecule has 0 spiro atoms. The van der Waals surface area contributed by atoms with Crippen molar-refractivity contribution in [2.45, 2.75) is 57.3 Å². The quantitative estimate of drug-likeness (QED) is 0.371. The highest BCUT2D eigenvalue weighted by Gasteiger charge is 2.34. The van der Waals surface area contributed by atoms with Crippen LogP contribution in [0.5, 0.6) is 0 Å². The van der Waals surface area contributed by atoms with Crippen LogP contribution in [0.1, 0.15) is 56.7 Å². The number of aliphatic imine (C=N–C) groups is 1. The number of hydrogen-bond acceptors (Lipinski definition) is 3. The number of rotatable bonds is 8. The van der Waals surface area contributed by atoms with Crippen LogP contribution in [0.2, 0.25) is 0 Å². The van der Waals surface area contributed by atoms with Crippen LogP contribution in [0.3, 0.4) is 0 Å². The molecule has 26 heavy (non-hydrogen) atoms. The number of nitrogens with one attached hydrogen (secondary N) is 3. The third-order valence-corrected chi connectivity index (χ3v) is 6.52. The number of hydrogen-bond donors (Lipinski definition) is 3. The smallest absolute Gasteiger partial charge is 0.223 e. The van der Waals surface area contributed by atoms with E-state index in [0.29, 0.717) is 13.1 Å². The fourth-order valence-corrected chi connectivity index (χ4v) is 4.70. The lowest BCUT2D eigenvalue weighted by atomic mass is 9.73. The van der Waals surface area contributed by atoms with Crippen molar-refractivity contribution in [3.05, 3.63) is 22.4 Å². The van der Waals surface area contributed by atoms with E-state index in [4.69, 9.17) is 4.99 Å². The summed E-state index contributed by atoms with van der Waals surface area (Å²) in [4.78, 5) is 18.1. The zero-order chi connectivity index (χ0) is 18.2. The van der Waals surface area contributed by atoms with Crippen LogP contribution in [0, 0.1) is 5.92 Å². The fraction of sp³-hybridized carbons (Fsp3) is 0.700. The van der Waals surface area contributed by atoms with Crippen molar-refractivity contribution in [3.8, 4) is 0 Å². The van der Waals surface area contributed by atoms with Crippen LogP contribution in [0.25, 0.3) is 0 Å². The lowest BCUT2D eigenvalue weighted by Gasteiger charge is -2.35. The normalized spacial score (nSPS) is 19.8. The van der Waals surface area contributed by atoms with Gasteiger partial charge in [0.1, 0.15) is 0 Å². The van der Waals surface area contributed by atoms with Gasteiger partial charge in [0.25, 0.3) is 0 Å². The summed E-state index contributed by atoms with van der Waals surface area (Å²) < 4.78 is 0. The van der Waals surface area contributed by atoms with Gasteiger partial charge in [0.2, 0.25) is 5.91 Å². The first-order valence-electron chi connectivity index (χ1n) is 10.1. The van der Waals surface area contributed by atoms with E-state index < -0.39 is 0 Å². The molecule has 5 nitrogen and oxygen atoms in total. The number of amides is 1. The largest absolute Gasteiger partial charge is 0.357 e. The molecule has 3 N–H and O–H groups in total. The second-order valence-corrected chi connectivity index (χ2v) is 8.45. The molecule has 0 aliphatic heterocycles.